The summed E-state index contributed by atoms with van der Waals surface area (Å²) >= 11 is 0. The predicted octanol–water partition coefficient (Wildman–Crippen LogP) is 7.49. The summed E-state index contributed by atoms with van der Waals surface area (Å²) in [6, 6.07) is 20.9. The van der Waals surface area contributed by atoms with Gasteiger partial charge in [0.1, 0.15) is 35.5 Å². The number of pyridine rings is 2. The van der Waals surface area contributed by atoms with Crippen LogP contribution in [-0.4, -0.2) is 91.2 Å². The lowest BCUT2D eigenvalue weighted by Crippen LogP contribution is -2.34. The van der Waals surface area contributed by atoms with Crippen molar-refractivity contribution in [1.82, 2.24) is 39.3 Å². The third-order valence-electron chi connectivity index (χ3n) is 11.4. The highest BCUT2D eigenvalue weighted by atomic mass is 16.4. The third-order valence-corrected chi connectivity index (χ3v) is 11.4. The molecule has 2 aliphatic rings. The Morgan fingerprint density at radius 3 is 1.68 bits per heavy atom. The first-order chi connectivity index (χ1) is 30.5. The maximum Gasteiger partial charge on any atom is 0.317 e. The van der Waals surface area contributed by atoms with E-state index in [2.05, 4.69) is 117 Å². The normalized spacial score (nSPS) is 13.4. The molecular formula is C48H54N12O3. The van der Waals surface area contributed by atoms with Crippen LogP contribution in [-0.2, 0) is 36.5 Å². The molecule has 0 atom stereocenters. The van der Waals surface area contributed by atoms with Crippen LogP contribution in [0.3, 0.4) is 0 Å². The number of nitrogens with zero attached hydrogens (tertiary/aromatic N) is 11. The highest BCUT2D eigenvalue weighted by Crippen LogP contribution is 2.33. The van der Waals surface area contributed by atoms with Gasteiger partial charge in [0.2, 0.25) is 5.91 Å². The molecule has 0 fully saturated rings. The van der Waals surface area contributed by atoms with E-state index in [1.165, 1.54) is 45.2 Å². The molecule has 0 radical (unpaired) electrons. The van der Waals surface area contributed by atoms with Crippen molar-refractivity contribution in [2.75, 3.05) is 50.1 Å². The van der Waals surface area contributed by atoms with Crippen LogP contribution in [0.2, 0.25) is 0 Å². The van der Waals surface area contributed by atoms with Crippen molar-refractivity contribution in [2.45, 2.75) is 52.4 Å². The fraction of sp³-hybridized carbons (Fsp3) is 0.333. The number of carboxylic acid groups (broad SMARTS) is 1. The standard InChI is InChI=1S/C24H26N6O.C21H25N5.C3H3NO2/c1-4-17-13-19(18-8-11-30(12-9-18)24(31)7-10-25)5-6-21(17)29(3)23-14-22-20(15-26-23)27-16-28(22)2;1-4-15-11-17(16-7-9-22-10-8-16)5-6-19(15)26(3)21-12-20-18(13-23-21)24-14-25(20)2;4-2-1-3(5)6/h5-6,8,13-16H,4,7,9,11-12H2,1-3H3;5-7,11-14,22H,4,8-10H2,1-3H3;1H2,(H,5,6). The van der Waals surface area contributed by atoms with Gasteiger partial charge in [-0.05, 0) is 89.9 Å². The van der Waals surface area contributed by atoms with Gasteiger partial charge in [-0.3, -0.25) is 9.59 Å². The zero-order chi connectivity index (χ0) is 45.0. The fourth-order valence-corrected chi connectivity index (χ4v) is 7.73. The first kappa shape index (κ1) is 45.2. The average Bonchev–Trinajstić information content (AvgIpc) is 3.89. The second-order valence-electron chi connectivity index (χ2n) is 15.4. The van der Waals surface area contributed by atoms with E-state index in [1.54, 1.807) is 11.2 Å². The summed E-state index contributed by atoms with van der Waals surface area (Å²) in [4.78, 5) is 45.3. The second kappa shape index (κ2) is 20.9. The summed E-state index contributed by atoms with van der Waals surface area (Å²) in [6.07, 6.45) is 15.0. The number of amides is 1. The molecule has 2 N–H and O–H groups in total. The number of carbonyl (C=O) groups excluding carboxylic acids is 1. The summed E-state index contributed by atoms with van der Waals surface area (Å²) in [7, 11) is 8.12. The molecule has 15 nitrogen and oxygen atoms in total. The molecule has 0 aliphatic carbocycles. The number of carbonyl (C=O) groups is 2. The number of imidazole rings is 2. The van der Waals surface area contributed by atoms with Crippen LogP contribution in [0.1, 0.15) is 61.8 Å². The quantitative estimate of drug-likeness (QED) is 0.139. The van der Waals surface area contributed by atoms with Gasteiger partial charge in [0, 0.05) is 71.3 Å². The monoisotopic (exact) mass is 846 g/mol. The second-order valence-corrected chi connectivity index (χ2v) is 15.4. The number of rotatable bonds is 10. The summed E-state index contributed by atoms with van der Waals surface area (Å²) in [5.74, 6) is 0.645. The molecule has 15 heteroatoms. The van der Waals surface area contributed by atoms with Gasteiger partial charge >= 0.3 is 5.97 Å². The largest absolute Gasteiger partial charge is 0.480 e. The van der Waals surface area contributed by atoms with Crippen molar-refractivity contribution in [3.05, 3.63) is 108 Å². The number of aryl methyl sites for hydroxylation is 4. The number of aromatic nitrogens is 6. The van der Waals surface area contributed by atoms with Crippen LogP contribution in [0.4, 0.5) is 23.0 Å². The highest BCUT2D eigenvalue weighted by molar-refractivity contribution is 5.82. The number of hydrogen-bond acceptors (Lipinski definition) is 11. The van der Waals surface area contributed by atoms with Gasteiger partial charge in [0.15, 0.2) is 0 Å². The molecule has 0 spiro atoms. The Kier molecular flexibility index (Phi) is 15.0. The van der Waals surface area contributed by atoms with Gasteiger partial charge < -0.3 is 34.3 Å². The molecule has 6 aromatic rings. The van der Waals surface area contributed by atoms with Crippen LogP contribution in [0, 0.1) is 22.7 Å². The van der Waals surface area contributed by atoms with Crippen molar-refractivity contribution >= 4 is 68.1 Å². The van der Waals surface area contributed by atoms with Crippen LogP contribution in [0.15, 0.2) is 85.7 Å². The zero-order valence-corrected chi connectivity index (χ0v) is 36.8. The number of benzene rings is 2. The molecule has 0 unspecified atom stereocenters. The number of aliphatic carboxylic acids is 1. The van der Waals surface area contributed by atoms with Crippen molar-refractivity contribution in [3.8, 4) is 12.1 Å². The van der Waals surface area contributed by atoms with Crippen LogP contribution >= 0.6 is 0 Å². The SMILES string of the molecule is CCc1cc(C2=CCN(C(=O)CC#N)CC2)ccc1N(C)c1cc2c(cn1)ncn2C.CCc1cc(C2=CCNCC2)ccc1N(C)c1cc2c(cn1)ncn2C.N#CCC(=O)O. The van der Waals surface area contributed by atoms with Gasteiger partial charge in [0.25, 0.3) is 0 Å². The van der Waals surface area contributed by atoms with E-state index in [0.29, 0.717) is 13.1 Å². The zero-order valence-electron chi connectivity index (χ0n) is 36.8. The average molecular weight is 847 g/mol. The van der Waals surface area contributed by atoms with E-state index in [0.717, 1.165) is 78.2 Å². The van der Waals surface area contributed by atoms with Gasteiger partial charge in [-0.1, -0.05) is 38.1 Å². The Labute approximate surface area is 368 Å². The van der Waals surface area contributed by atoms with E-state index in [1.807, 2.05) is 55.1 Å². The van der Waals surface area contributed by atoms with Crippen LogP contribution in [0.25, 0.3) is 33.2 Å². The predicted molar refractivity (Wildman–Crippen MR) is 248 cm³/mol. The van der Waals surface area contributed by atoms with E-state index in [4.69, 9.17) is 15.6 Å². The smallest absolute Gasteiger partial charge is 0.317 e. The Balaban J connectivity index is 0.000000188. The van der Waals surface area contributed by atoms with Crippen LogP contribution < -0.4 is 15.1 Å². The number of carboxylic acids is 1. The summed E-state index contributed by atoms with van der Waals surface area (Å²) in [5.41, 5.74) is 14.1. The maximum atomic E-state index is 11.9. The minimum absolute atomic E-state index is 0.0527. The summed E-state index contributed by atoms with van der Waals surface area (Å²) in [6.45, 7) is 7.62. The minimum Gasteiger partial charge on any atom is -0.480 e. The molecular weight excluding hydrogens is 793 g/mol. The Morgan fingerprint density at radius 2 is 1.27 bits per heavy atom. The first-order valence-corrected chi connectivity index (χ1v) is 21.1. The molecule has 2 aliphatic heterocycles. The summed E-state index contributed by atoms with van der Waals surface area (Å²) < 4.78 is 4.03. The van der Waals surface area contributed by atoms with Crippen molar-refractivity contribution in [2.24, 2.45) is 14.1 Å². The highest BCUT2D eigenvalue weighted by Gasteiger charge is 2.20. The summed E-state index contributed by atoms with van der Waals surface area (Å²) in [5, 5.41) is 27.4. The molecule has 0 bridgehead atoms. The topological polar surface area (TPSA) is 185 Å². The number of fused-ring (bicyclic) bond motifs is 2. The fourth-order valence-electron chi connectivity index (χ4n) is 7.73. The van der Waals surface area contributed by atoms with Crippen molar-refractivity contribution in [3.63, 3.8) is 0 Å². The van der Waals surface area contributed by atoms with Crippen molar-refractivity contribution < 1.29 is 14.7 Å². The van der Waals surface area contributed by atoms with Gasteiger partial charge in [-0.15, -0.1) is 0 Å². The third kappa shape index (κ3) is 10.8. The lowest BCUT2D eigenvalue weighted by Gasteiger charge is -2.27. The molecule has 6 heterocycles. The van der Waals surface area contributed by atoms with E-state index < -0.39 is 12.4 Å². The van der Waals surface area contributed by atoms with Gasteiger partial charge in [0.05, 0.1) is 48.2 Å². The van der Waals surface area contributed by atoms with E-state index in [-0.39, 0.29) is 12.3 Å². The van der Waals surface area contributed by atoms with E-state index >= 15 is 0 Å². The molecule has 4 aromatic heterocycles. The van der Waals surface area contributed by atoms with Crippen LogP contribution in [0.5, 0.6) is 0 Å². The molecule has 1 amide bonds. The number of hydrogen-bond donors (Lipinski definition) is 2. The Bertz CT molecular complexity index is 2750. The maximum absolute atomic E-state index is 11.9. The molecule has 63 heavy (non-hydrogen) atoms. The minimum atomic E-state index is -1.07. The van der Waals surface area contributed by atoms with E-state index in [9.17, 15) is 9.59 Å². The molecule has 324 valence electrons. The molecule has 0 saturated heterocycles. The number of nitriles is 2. The Hall–Kier alpha value is -7.36. The lowest BCUT2D eigenvalue weighted by molar-refractivity contribution is -0.135. The molecule has 8 rings (SSSR count). The first-order valence-electron chi connectivity index (χ1n) is 21.1. The molecule has 0 saturated carbocycles. The Morgan fingerprint density at radius 1 is 0.746 bits per heavy atom. The lowest BCUT2D eigenvalue weighted by atomic mass is 9.96. The number of anilines is 4. The van der Waals surface area contributed by atoms with Gasteiger partial charge in [-0.2, -0.15) is 10.5 Å². The number of nitrogens with one attached hydrogen (secondary N) is 1. The van der Waals surface area contributed by atoms with Gasteiger partial charge in [-0.25, -0.2) is 19.9 Å². The molecule has 2 aromatic carbocycles. The van der Waals surface area contributed by atoms with Crippen molar-refractivity contribution in [1.29, 1.82) is 10.5 Å².